The number of fused-ring (bicyclic) bond motifs is 3. The lowest BCUT2D eigenvalue weighted by Gasteiger charge is -2.26. The van der Waals surface area contributed by atoms with Crippen molar-refractivity contribution < 1.29 is 9.53 Å². The Morgan fingerprint density at radius 1 is 1.14 bits per heavy atom. The zero-order chi connectivity index (χ0) is 25.4. The standard InChI is InChI=1S/C28H29N3O3S2/c1-16(2)22-14-21-23(15-34-22)36-26-24(21)27(33)31(20-12-10-17(3)11-13-20)28(30-26)35-18(4)25(32)29-19-8-6-5-7-9-19/h5-13,16,18,22H,14-15H2,1-4H3,(H,29,32)/t18-,22+/m0/s1. The Hall–Kier alpha value is -2.94. The van der Waals surface area contributed by atoms with Gasteiger partial charge in [0.1, 0.15) is 4.83 Å². The fourth-order valence-corrected chi connectivity index (χ4v) is 6.41. The van der Waals surface area contributed by atoms with Crippen molar-refractivity contribution in [3.8, 4) is 5.69 Å². The summed E-state index contributed by atoms with van der Waals surface area (Å²) >= 11 is 2.82. The van der Waals surface area contributed by atoms with Crippen molar-refractivity contribution in [2.24, 2.45) is 5.92 Å². The van der Waals surface area contributed by atoms with Crippen LogP contribution in [0.2, 0.25) is 0 Å². The monoisotopic (exact) mass is 519 g/mol. The zero-order valence-electron chi connectivity index (χ0n) is 20.8. The molecule has 1 aliphatic heterocycles. The Bertz CT molecular complexity index is 1460. The third-order valence-corrected chi connectivity index (χ3v) is 8.59. The second-order valence-corrected chi connectivity index (χ2v) is 11.9. The summed E-state index contributed by atoms with van der Waals surface area (Å²) in [5.41, 5.74) is 3.55. The molecule has 0 saturated heterocycles. The van der Waals surface area contributed by atoms with Gasteiger partial charge in [-0.2, -0.15) is 0 Å². The number of benzene rings is 2. The van der Waals surface area contributed by atoms with Gasteiger partial charge in [0, 0.05) is 17.0 Å². The molecule has 3 heterocycles. The van der Waals surface area contributed by atoms with E-state index in [1.165, 1.54) is 23.1 Å². The van der Waals surface area contributed by atoms with Gasteiger partial charge in [-0.25, -0.2) is 4.98 Å². The van der Waals surface area contributed by atoms with Crippen LogP contribution in [0.3, 0.4) is 0 Å². The number of ether oxygens (including phenoxy) is 1. The Kier molecular flexibility index (Phi) is 7.01. The predicted octanol–water partition coefficient (Wildman–Crippen LogP) is 5.97. The lowest BCUT2D eigenvalue weighted by atomic mass is 9.96. The van der Waals surface area contributed by atoms with E-state index in [4.69, 9.17) is 9.72 Å². The largest absolute Gasteiger partial charge is 0.372 e. The van der Waals surface area contributed by atoms with Crippen LogP contribution in [-0.4, -0.2) is 26.8 Å². The van der Waals surface area contributed by atoms with Gasteiger partial charge in [-0.1, -0.05) is 61.5 Å². The third kappa shape index (κ3) is 4.85. The average molecular weight is 520 g/mol. The number of hydrogen-bond acceptors (Lipinski definition) is 6. The summed E-state index contributed by atoms with van der Waals surface area (Å²) < 4.78 is 7.72. The maximum Gasteiger partial charge on any atom is 0.267 e. The van der Waals surface area contributed by atoms with Crippen LogP contribution < -0.4 is 10.9 Å². The number of amides is 1. The lowest BCUT2D eigenvalue weighted by Crippen LogP contribution is -2.29. The molecule has 36 heavy (non-hydrogen) atoms. The Morgan fingerprint density at radius 2 is 1.86 bits per heavy atom. The van der Waals surface area contributed by atoms with Gasteiger partial charge in [0.15, 0.2) is 5.16 Å². The van der Waals surface area contributed by atoms with E-state index >= 15 is 0 Å². The SMILES string of the molecule is Cc1ccc(-n2c(S[C@@H](C)C(=O)Nc3ccccc3)nc3sc4c(c3c2=O)C[C@H](C(C)C)OC4)cc1. The Morgan fingerprint density at radius 3 is 2.56 bits per heavy atom. The molecule has 4 aromatic rings. The number of thiophene rings is 1. The van der Waals surface area contributed by atoms with Crippen LogP contribution in [0.5, 0.6) is 0 Å². The molecule has 186 valence electrons. The highest BCUT2D eigenvalue weighted by atomic mass is 32.2. The Balaban J connectivity index is 1.58. The number of hydrogen-bond donors (Lipinski definition) is 1. The molecule has 0 unspecified atom stereocenters. The molecule has 5 rings (SSSR count). The molecule has 1 amide bonds. The number of anilines is 1. The van der Waals surface area contributed by atoms with Crippen LogP contribution >= 0.6 is 23.1 Å². The highest BCUT2D eigenvalue weighted by Crippen LogP contribution is 2.37. The van der Waals surface area contributed by atoms with Gasteiger partial charge in [0.05, 0.1) is 29.0 Å². The summed E-state index contributed by atoms with van der Waals surface area (Å²) in [5, 5.41) is 3.67. The third-order valence-electron chi connectivity index (χ3n) is 6.44. The number of para-hydroxylation sites is 1. The van der Waals surface area contributed by atoms with E-state index in [1.54, 1.807) is 4.57 Å². The first-order valence-electron chi connectivity index (χ1n) is 12.1. The molecule has 2 atom stereocenters. The smallest absolute Gasteiger partial charge is 0.267 e. The van der Waals surface area contributed by atoms with E-state index in [1.807, 2.05) is 68.4 Å². The van der Waals surface area contributed by atoms with E-state index in [0.29, 0.717) is 34.3 Å². The van der Waals surface area contributed by atoms with Gasteiger partial charge < -0.3 is 10.1 Å². The van der Waals surface area contributed by atoms with Crippen molar-refractivity contribution in [2.75, 3.05) is 5.32 Å². The summed E-state index contributed by atoms with van der Waals surface area (Å²) in [4.78, 5) is 33.7. The highest BCUT2D eigenvalue weighted by Gasteiger charge is 2.29. The van der Waals surface area contributed by atoms with Crippen molar-refractivity contribution in [1.29, 1.82) is 0 Å². The molecule has 1 N–H and O–H groups in total. The van der Waals surface area contributed by atoms with Crippen LogP contribution in [0, 0.1) is 12.8 Å². The summed E-state index contributed by atoms with van der Waals surface area (Å²) in [6.45, 7) is 8.63. The van der Waals surface area contributed by atoms with Crippen LogP contribution in [0.1, 0.15) is 36.8 Å². The fraction of sp³-hybridized carbons (Fsp3) is 0.321. The first kappa shape index (κ1) is 24.7. The van der Waals surface area contributed by atoms with Crippen molar-refractivity contribution in [1.82, 2.24) is 9.55 Å². The van der Waals surface area contributed by atoms with Gasteiger partial charge in [-0.3, -0.25) is 14.2 Å². The second kappa shape index (κ2) is 10.2. The van der Waals surface area contributed by atoms with Crippen LogP contribution in [0.25, 0.3) is 15.9 Å². The fourth-order valence-electron chi connectivity index (χ4n) is 4.31. The number of nitrogens with one attached hydrogen (secondary N) is 1. The van der Waals surface area contributed by atoms with Crippen molar-refractivity contribution >= 4 is 44.9 Å². The number of carbonyl (C=O) groups is 1. The second-order valence-electron chi connectivity index (χ2n) is 9.47. The Labute approximate surface area is 218 Å². The maximum atomic E-state index is 14.1. The van der Waals surface area contributed by atoms with Gasteiger partial charge in [-0.15, -0.1) is 11.3 Å². The molecule has 2 aromatic carbocycles. The number of aromatic nitrogens is 2. The minimum atomic E-state index is -0.463. The molecular weight excluding hydrogens is 490 g/mol. The summed E-state index contributed by atoms with van der Waals surface area (Å²) in [6, 6.07) is 17.2. The van der Waals surface area contributed by atoms with E-state index in [9.17, 15) is 9.59 Å². The first-order valence-corrected chi connectivity index (χ1v) is 13.8. The minimum absolute atomic E-state index is 0.0817. The molecule has 1 aliphatic rings. The van der Waals surface area contributed by atoms with Gasteiger partial charge in [0.2, 0.25) is 5.91 Å². The number of rotatable bonds is 6. The molecule has 0 fully saturated rings. The topological polar surface area (TPSA) is 73.2 Å². The molecule has 0 radical (unpaired) electrons. The van der Waals surface area contributed by atoms with E-state index in [-0.39, 0.29) is 17.6 Å². The minimum Gasteiger partial charge on any atom is -0.372 e. The van der Waals surface area contributed by atoms with Crippen LogP contribution in [-0.2, 0) is 22.6 Å². The quantitative estimate of drug-likeness (QED) is 0.251. The zero-order valence-corrected chi connectivity index (χ0v) is 22.4. The normalized spacial score (nSPS) is 16.2. The molecule has 0 bridgehead atoms. The summed E-state index contributed by atoms with van der Waals surface area (Å²) in [6.07, 6.45) is 0.790. The molecule has 0 aliphatic carbocycles. The number of thioether (sulfide) groups is 1. The van der Waals surface area contributed by atoms with Crippen molar-refractivity contribution in [2.45, 2.75) is 57.2 Å². The molecular formula is C28H29N3O3S2. The van der Waals surface area contributed by atoms with Crippen molar-refractivity contribution in [3.63, 3.8) is 0 Å². The number of carbonyl (C=O) groups excluding carboxylic acids is 1. The van der Waals surface area contributed by atoms with E-state index in [2.05, 4.69) is 19.2 Å². The molecule has 6 nitrogen and oxygen atoms in total. The molecule has 2 aromatic heterocycles. The van der Waals surface area contributed by atoms with Crippen molar-refractivity contribution in [3.05, 3.63) is 81.0 Å². The lowest BCUT2D eigenvalue weighted by molar-refractivity contribution is -0.115. The van der Waals surface area contributed by atoms with Gasteiger partial charge in [-0.05, 0) is 49.6 Å². The van der Waals surface area contributed by atoms with E-state index < -0.39 is 5.25 Å². The van der Waals surface area contributed by atoms with Gasteiger partial charge in [0.25, 0.3) is 5.56 Å². The maximum absolute atomic E-state index is 14.1. The van der Waals surface area contributed by atoms with E-state index in [0.717, 1.165) is 27.4 Å². The average Bonchev–Trinajstić information content (AvgIpc) is 3.23. The molecule has 0 spiro atoms. The number of aryl methyl sites for hydroxylation is 1. The summed E-state index contributed by atoms with van der Waals surface area (Å²) in [5.74, 6) is 0.217. The van der Waals surface area contributed by atoms with Crippen LogP contribution in [0.15, 0.2) is 64.5 Å². The molecule has 8 heteroatoms. The first-order chi connectivity index (χ1) is 17.3. The highest BCUT2D eigenvalue weighted by molar-refractivity contribution is 8.00. The van der Waals surface area contributed by atoms with Crippen LogP contribution in [0.4, 0.5) is 5.69 Å². The number of nitrogens with zero attached hydrogens (tertiary/aromatic N) is 2. The molecule has 0 saturated carbocycles. The summed E-state index contributed by atoms with van der Waals surface area (Å²) in [7, 11) is 0. The van der Waals surface area contributed by atoms with Gasteiger partial charge >= 0.3 is 0 Å². The predicted molar refractivity (Wildman–Crippen MR) is 147 cm³/mol.